The highest BCUT2D eigenvalue weighted by Gasteiger charge is 2.17. The highest BCUT2D eigenvalue weighted by Crippen LogP contribution is 2.20. The Morgan fingerprint density at radius 3 is 2.64 bits per heavy atom. The molecule has 0 saturated heterocycles. The molecule has 0 atom stereocenters. The first-order valence-electron chi connectivity index (χ1n) is 4.25. The third-order valence-corrected chi connectivity index (χ3v) is 1.78. The maximum Gasteiger partial charge on any atom is 0.360 e. The second-order valence-corrected chi connectivity index (χ2v) is 2.76. The van der Waals surface area contributed by atoms with Crippen molar-refractivity contribution in [2.75, 3.05) is 7.11 Å². The Balaban J connectivity index is 3.29. The maximum atomic E-state index is 11.2. The van der Waals surface area contributed by atoms with Crippen molar-refractivity contribution in [3.05, 3.63) is 17.2 Å². The fraction of sp³-hybridized carbons (Fsp3) is 0.444. The van der Waals surface area contributed by atoms with Gasteiger partial charge in [-0.05, 0) is 13.3 Å². The average molecular weight is 196 g/mol. The standard InChI is InChI=1S/C9H12N2O3/c1-4-6-8(12)7(9(13)14-3)11-5(2)10-6/h12H,4H2,1-3H3. The number of rotatable bonds is 2. The van der Waals surface area contributed by atoms with E-state index in [2.05, 4.69) is 14.7 Å². The quantitative estimate of drug-likeness (QED) is 0.709. The van der Waals surface area contributed by atoms with Gasteiger partial charge in [0.05, 0.1) is 12.8 Å². The molecule has 0 saturated carbocycles. The predicted molar refractivity (Wildman–Crippen MR) is 49.2 cm³/mol. The molecule has 5 heteroatoms. The molecule has 1 aromatic rings. The summed E-state index contributed by atoms with van der Waals surface area (Å²) in [7, 11) is 1.24. The first-order chi connectivity index (χ1) is 6.60. The van der Waals surface area contributed by atoms with Crippen LogP contribution in [-0.2, 0) is 11.2 Å². The number of esters is 1. The van der Waals surface area contributed by atoms with E-state index >= 15 is 0 Å². The van der Waals surface area contributed by atoms with E-state index in [0.29, 0.717) is 17.9 Å². The Hall–Kier alpha value is -1.65. The molecular formula is C9H12N2O3. The van der Waals surface area contributed by atoms with Gasteiger partial charge in [-0.2, -0.15) is 0 Å². The van der Waals surface area contributed by atoms with Gasteiger partial charge in [-0.1, -0.05) is 6.92 Å². The fourth-order valence-electron chi connectivity index (χ4n) is 1.11. The van der Waals surface area contributed by atoms with Gasteiger partial charge < -0.3 is 9.84 Å². The summed E-state index contributed by atoms with van der Waals surface area (Å²) < 4.78 is 4.48. The predicted octanol–water partition coefficient (Wildman–Crippen LogP) is 0.840. The summed E-state index contributed by atoms with van der Waals surface area (Å²) in [6, 6.07) is 0. The van der Waals surface area contributed by atoms with Gasteiger partial charge in [0.15, 0.2) is 11.4 Å². The third kappa shape index (κ3) is 1.81. The van der Waals surface area contributed by atoms with Crippen molar-refractivity contribution >= 4 is 5.97 Å². The van der Waals surface area contributed by atoms with Crippen molar-refractivity contribution in [2.24, 2.45) is 0 Å². The molecule has 0 radical (unpaired) electrons. The molecule has 0 aliphatic heterocycles. The molecule has 1 rings (SSSR count). The van der Waals surface area contributed by atoms with Gasteiger partial charge in [0.2, 0.25) is 0 Å². The molecule has 1 N–H and O–H groups in total. The van der Waals surface area contributed by atoms with E-state index < -0.39 is 5.97 Å². The van der Waals surface area contributed by atoms with Crippen LogP contribution in [0.25, 0.3) is 0 Å². The number of nitrogens with zero attached hydrogens (tertiary/aromatic N) is 2. The highest BCUT2D eigenvalue weighted by molar-refractivity contribution is 5.90. The van der Waals surface area contributed by atoms with Crippen LogP contribution in [0.3, 0.4) is 0 Å². The maximum absolute atomic E-state index is 11.2. The molecule has 0 bridgehead atoms. The molecule has 0 unspecified atom stereocenters. The van der Waals surface area contributed by atoms with Crippen LogP contribution >= 0.6 is 0 Å². The molecule has 0 aliphatic rings. The van der Waals surface area contributed by atoms with E-state index in [1.165, 1.54) is 7.11 Å². The Labute approximate surface area is 81.8 Å². The fourth-order valence-corrected chi connectivity index (χ4v) is 1.11. The van der Waals surface area contributed by atoms with Crippen LogP contribution < -0.4 is 0 Å². The van der Waals surface area contributed by atoms with Crippen LogP contribution in [-0.4, -0.2) is 28.2 Å². The lowest BCUT2D eigenvalue weighted by Crippen LogP contribution is -2.09. The summed E-state index contributed by atoms with van der Waals surface area (Å²) in [6.45, 7) is 3.49. The largest absolute Gasteiger partial charge is 0.504 e. The number of hydrogen-bond acceptors (Lipinski definition) is 5. The first-order valence-corrected chi connectivity index (χ1v) is 4.25. The summed E-state index contributed by atoms with van der Waals surface area (Å²) in [5, 5.41) is 9.59. The molecule has 1 aromatic heterocycles. The molecule has 0 aromatic carbocycles. The molecule has 0 spiro atoms. The van der Waals surface area contributed by atoms with Crippen molar-refractivity contribution in [3.63, 3.8) is 0 Å². The summed E-state index contributed by atoms with van der Waals surface area (Å²) >= 11 is 0. The Morgan fingerprint density at radius 1 is 1.50 bits per heavy atom. The van der Waals surface area contributed by atoms with Gasteiger partial charge in [0.1, 0.15) is 5.82 Å². The molecule has 0 amide bonds. The van der Waals surface area contributed by atoms with Gasteiger partial charge >= 0.3 is 5.97 Å². The van der Waals surface area contributed by atoms with Crippen molar-refractivity contribution in [2.45, 2.75) is 20.3 Å². The number of aromatic hydroxyl groups is 1. The zero-order chi connectivity index (χ0) is 10.7. The van der Waals surface area contributed by atoms with Crippen LogP contribution in [0.15, 0.2) is 0 Å². The van der Waals surface area contributed by atoms with Crippen LogP contribution in [0, 0.1) is 6.92 Å². The minimum absolute atomic E-state index is 0.0724. The molecular weight excluding hydrogens is 184 g/mol. The van der Waals surface area contributed by atoms with E-state index in [1.54, 1.807) is 6.92 Å². The van der Waals surface area contributed by atoms with Crippen molar-refractivity contribution < 1.29 is 14.6 Å². The average Bonchev–Trinajstić information content (AvgIpc) is 2.19. The molecule has 5 nitrogen and oxygen atoms in total. The monoisotopic (exact) mass is 196 g/mol. The Morgan fingerprint density at radius 2 is 2.14 bits per heavy atom. The smallest absolute Gasteiger partial charge is 0.360 e. The van der Waals surface area contributed by atoms with Crippen LogP contribution in [0.4, 0.5) is 0 Å². The van der Waals surface area contributed by atoms with Crippen LogP contribution in [0.2, 0.25) is 0 Å². The van der Waals surface area contributed by atoms with Crippen molar-refractivity contribution in [1.82, 2.24) is 9.97 Å². The molecule has 76 valence electrons. The number of methoxy groups -OCH3 is 1. The molecule has 1 heterocycles. The minimum atomic E-state index is -0.650. The van der Waals surface area contributed by atoms with Crippen LogP contribution in [0.1, 0.15) is 28.9 Å². The van der Waals surface area contributed by atoms with Gasteiger partial charge in [0.25, 0.3) is 0 Å². The zero-order valence-electron chi connectivity index (χ0n) is 8.37. The normalized spacial score (nSPS) is 9.93. The van der Waals surface area contributed by atoms with E-state index in [0.717, 1.165) is 0 Å². The number of ether oxygens (including phenoxy) is 1. The lowest BCUT2D eigenvalue weighted by atomic mass is 10.2. The van der Waals surface area contributed by atoms with E-state index in [9.17, 15) is 9.90 Å². The van der Waals surface area contributed by atoms with Gasteiger partial charge in [-0.15, -0.1) is 0 Å². The summed E-state index contributed by atoms with van der Waals surface area (Å²) in [5.41, 5.74) is 0.384. The van der Waals surface area contributed by atoms with E-state index in [-0.39, 0.29) is 11.4 Å². The van der Waals surface area contributed by atoms with Crippen molar-refractivity contribution in [1.29, 1.82) is 0 Å². The topological polar surface area (TPSA) is 72.3 Å². The third-order valence-electron chi connectivity index (χ3n) is 1.78. The van der Waals surface area contributed by atoms with E-state index in [4.69, 9.17) is 0 Å². The van der Waals surface area contributed by atoms with Gasteiger partial charge in [0, 0.05) is 0 Å². The highest BCUT2D eigenvalue weighted by atomic mass is 16.5. The summed E-state index contributed by atoms with van der Waals surface area (Å²) in [4.78, 5) is 19.0. The first kappa shape index (κ1) is 10.4. The second-order valence-electron chi connectivity index (χ2n) is 2.76. The lowest BCUT2D eigenvalue weighted by molar-refractivity contribution is 0.0589. The molecule has 0 aliphatic carbocycles. The van der Waals surface area contributed by atoms with Crippen molar-refractivity contribution in [3.8, 4) is 5.75 Å². The van der Waals surface area contributed by atoms with Gasteiger partial charge in [-0.3, -0.25) is 0 Å². The number of carbonyl (C=O) groups is 1. The Bertz CT molecular complexity index is 363. The SMILES string of the molecule is CCc1nc(C)nc(C(=O)OC)c1O. The van der Waals surface area contributed by atoms with Gasteiger partial charge in [-0.25, -0.2) is 14.8 Å². The number of aryl methyl sites for hydroxylation is 2. The minimum Gasteiger partial charge on any atom is -0.504 e. The molecule has 0 fully saturated rings. The number of hydrogen-bond donors (Lipinski definition) is 1. The summed E-state index contributed by atoms with van der Waals surface area (Å²) in [5.74, 6) is -0.396. The van der Waals surface area contributed by atoms with E-state index in [1.807, 2.05) is 6.92 Å². The lowest BCUT2D eigenvalue weighted by Gasteiger charge is -2.06. The van der Waals surface area contributed by atoms with Crippen LogP contribution in [0.5, 0.6) is 5.75 Å². The number of aromatic nitrogens is 2. The zero-order valence-corrected chi connectivity index (χ0v) is 8.37. The Kier molecular flexibility index (Phi) is 3.01. The second kappa shape index (κ2) is 4.04. The molecule has 14 heavy (non-hydrogen) atoms. The number of carbonyl (C=O) groups excluding carboxylic acids is 1. The summed E-state index contributed by atoms with van der Waals surface area (Å²) in [6.07, 6.45) is 0.541.